The number of carbonyl (C=O) groups is 1. The third-order valence-corrected chi connectivity index (χ3v) is 3.58. The van der Waals surface area contributed by atoms with Gasteiger partial charge in [0, 0.05) is 34.9 Å². The van der Waals surface area contributed by atoms with Gasteiger partial charge < -0.3 is 9.13 Å². The molecule has 0 aliphatic carbocycles. The van der Waals surface area contributed by atoms with Gasteiger partial charge in [-0.15, -0.1) is 0 Å². The average molecular weight is 267 g/mol. The van der Waals surface area contributed by atoms with Crippen LogP contribution in [0.3, 0.4) is 0 Å². The summed E-state index contributed by atoms with van der Waals surface area (Å²) in [4.78, 5) is 15.4. The van der Waals surface area contributed by atoms with Gasteiger partial charge in [0.25, 0.3) is 0 Å². The Morgan fingerprint density at radius 2 is 2.10 bits per heavy atom. The number of hydrogen-bond donors (Lipinski definition) is 0. The van der Waals surface area contributed by atoms with E-state index in [9.17, 15) is 4.79 Å². The van der Waals surface area contributed by atoms with E-state index >= 15 is 0 Å². The molecule has 102 valence electrons. The zero-order chi connectivity index (χ0) is 14.1. The molecule has 1 aromatic carbocycles. The van der Waals surface area contributed by atoms with Crippen LogP contribution in [0.25, 0.3) is 10.9 Å². The molecule has 3 rings (SSSR count). The van der Waals surface area contributed by atoms with E-state index in [1.165, 1.54) is 0 Å². The molecule has 0 unspecified atom stereocenters. The highest BCUT2D eigenvalue weighted by Gasteiger charge is 2.10. The zero-order valence-electron chi connectivity index (χ0n) is 11.7. The molecule has 0 fully saturated rings. The fraction of sp³-hybridized carbons (Fsp3) is 0.250. The molecule has 0 atom stereocenters. The molecule has 4 nitrogen and oxygen atoms in total. The topological polar surface area (TPSA) is 39.8 Å². The fourth-order valence-corrected chi connectivity index (χ4v) is 2.59. The molecule has 0 aliphatic rings. The number of rotatable bonds is 4. The van der Waals surface area contributed by atoms with E-state index in [1.54, 1.807) is 0 Å². The van der Waals surface area contributed by atoms with Crippen molar-refractivity contribution in [3.8, 4) is 0 Å². The Hall–Kier alpha value is -2.36. The number of imidazole rings is 1. The molecule has 0 aliphatic heterocycles. The van der Waals surface area contributed by atoms with Crippen molar-refractivity contribution in [3.63, 3.8) is 0 Å². The largest absolute Gasteiger partial charge is 0.341 e. The van der Waals surface area contributed by atoms with Crippen LogP contribution in [0.4, 0.5) is 0 Å². The van der Waals surface area contributed by atoms with Gasteiger partial charge in [0.2, 0.25) is 0 Å². The summed E-state index contributed by atoms with van der Waals surface area (Å²) >= 11 is 0. The molecule has 2 heterocycles. The maximum Gasteiger partial charge on any atom is 0.152 e. The lowest BCUT2D eigenvalue weighted by atomic mass is 10.2. The Morgan fingerprint density at radius 1 is 1.30 bits per heavy atom. The third kappa shape index (κ3) is 2.03. The quantitative estimate of drug-likeness (QED) is 0.680. The van der Waals surface area contributed by atoms with E-state index in [1.807, 2.05) is 43.0 Å². The number of para-hydroxylation sites is 1. The summed E-state index contributed by atoms with van der Waals surface area (Å²) in [5, 5.41) is 0.998. The highest BCUT2D eigenvalue weighted by molar-refractivity contribution is 5.97. The molecule has 3 aromatic rings. The van der Waals surface area contributed by atoms with E-state index < -0.39 is 0 Å². The summed E-state index contributed by atoms with van der Waals surface area (Å²) in [5.41, 5.74) is 2.94. The molecule has 20 heavy (non-hydrogen) atoms. The van der Waals surface area contributed by atoms with Crippen LogP contribution < -0.4 is 0 Å². The second kappa shape index (κ2) is 4.96. The Bertz CT molecular complexity index is 752. The molecular formula is C16H17N3O. The van der Waals surface area contributed by atoms with E-state index in [-0.39, 0.29) is 0 Å². The van der Waals surface area contributed by atoms with Crippen LogP contribution in [0.1, 0.15) is 35.9 Å². The van der Waals surface area contributed by atoms with Crippen LogP contribution in [-0.2, 0) is 6.54 Å². The van der Waals surface area contributed by atoms with Crippen molar-refractivity contribution in [1.82, 2.24) is 14.1 Å². The van der Waals surface area contributed by atoms with Crippen molar-refractivity contribution in [2.24, 2.45) is 0 Å². The lowest BCUT2D eigenvalue weighted by molar-refractivity contribution is 0.112. The molecule has 4 heteroatoms. The van der Waals surface area contributed by atoms with Crippen LogP contribution in [0.5, 0.6) is 0 Å². The van der Waals surface area contributed by atoms with Gasteiger partial charge in [-0.05, 0) is 19.9 Å². The van der Waals surface area contributed by atoms with Crippen molar-refractivity contribution in [2.75, 3.05) is 0 Å². The monoisotopic (exact) mass is 267 g/mol. The first-order valence-electron chi connectivity index (χ1n) is 6.74. The molecule has 2 aromatic heterocycles. The Morgan fingerprint density at radius 3 is 2.85 bits per heavy atom. The van der Waals surface area contributed by atoms with Crippen molar-refractivity contribution in [1.29, 1.82) is 0 Å². The van der Waals surface area contributed by atoms with Gasteiger partial charge in [0.1, 0.15) is 0 Å². The van der Waals surface area contributed by atoms with Crippen molar-refractivity contribution >= 4 is 17.2 Å². The average Bonchev–Trinajstić information content (AvgIpc) is 3.04. The first kappa shape index (κ1) is 12.7. The summed E-state index contributed by atoms with van der Waals surface area (Å²) in [6, 6.07) is 8.35. The summed E-state index contributed by atoms with van der Waals surface area (Å²) in [5.74, 6) is 0. The van der Waals surface area contributed by atoms with Gasteiger partial charge in [0.05, 0.1) is 18.6 Å². The van der Waals surface area contributed by atoms with Crippen LogP contribution in [0, 0.1) is 0 Å². The maximum absolute atomic E-state index is 11.2. The molecule has 0 radical (unpaired) electrons. The Labute approximate surface area is 117 Å². The van der Waals surface area contributed by atoms with E-state index in [0.29, 0.717) is 12.6 Å². The van der Waals surface area contributed by atoms with Crippen LogP contribution in [-0.4, -0.2) is 20.4 Å². The van der Waals surface area contributed by atoms with Crippen molar-refractivity contribution in [3.05, 3.63) is 54.2 Å². The lowest BCUT2D eigenvalue weighted by Gasteiger charge is -2.12. The van der Waals surface area contributed by atoms with Gasteiger partial charge in [-0.25, -0.2) is 4.98 Å². The number of benzene rings is 1. The first-order valence-corrected chi connectivity index (χ1v) is 6.74. The van der Waals surface area contributed by atoms with Gasteiger partial charge >= 0.3 is 0 Å². The summed E-state index contributed by atoms with van der Waals surface area (Å²) in [6.07, 6.45) is 6.57. The minimum absolute atomic E-state index is 0.375. The fourth-order valence-electron chi connectivity index (χ4n) is 2.59. The minimum atomic E-state index is 0.375. The highest BCUT2D eigenvalue weighted by Crippen LogP contribution is 2.21. The van der Waals surface area contributed by atoms with Crippen LogP contribution in [0.15, 0.2) is 43.0 Å². The number of carbonyl (C=O) groups excluding carboxylic acids is 1. The predicted molar refractivity (Wildman–Crippen MR) is 79.0 cm³/mol. The summed E-state index contributed by atoms with van der Waals surface area (Å²) in [7, 11) is 0. The van der Waals surface area contributed by atoms with Gasteiger partial charge in [0.15, 0.2) is 6.29 Å². The van der Waals surface area contributed by atoms with E-state index in [2.05, 4.69) is 28.0 Å². The molecule has 0 bridgehead atoms. The normalized spacial score (nSPS) is 11.3. The number of nitrogens with zero attached hydrogens (tertiary/aromatic N) is 3. The first-order chi connectivity index (χ1) is 9.70. The number of aldehydes is 1. The Kier molecular flexibility index (Phi) is 3.14. The second-order valence-electron chi connectivity index (χ2n) is 5.23. The van der Waals surface area contributed by atoms with Gasteiger partial charge in [-0.1, -0.05) is 18.2 Å². The highest BCUT2D eigenvalue weighted by atomic mass is 16.1. The maximum atomic E-state index is 11.2. The van der Waals surface area contributed by atoms with E-state index in [0.717, 1.165) is 28.4 Å². The van der Waals surface area contributed by atoms with Gasteiger partial charge in [-0.2, -0.15) is 0 Å². The SMILES string of the molecule is CC(C)n1cncc1Cn1cc(C=O)c2ccccc21. The minimum Gasteiger partial charge on any atom is -0.341 e. The molecule has 0 saturated carbocycles. The molecule has 0 saturated heterocycles. The number of hydrogen-bond acceptors (Lipinski definition) is 2. The van der Waals surface area contributed by atoms with Crippen molar-refractivity contribution in [2.45, 2.75) is 26.4 Å². The van der Waals surface area contributed by atoms with E-state index in [4.69, 9.17) is 0 Å². The standard InChI is InChI=1S/C16H17N3O/c1-12(2)19-11-17-7-14(19)9-18-8-13(10-20)15-5-3-4-6-16(15)18/h3-8,10-12H,9H2,1-2H3. The molecule has 0 spiro atoms. The predicted octanol–water partition coefficient (Wildman–Crippen LogP) is 3.28. The molecule has 0 N–H and O–H groups in total. The Balaban J connectivity index is 2.07. The second-order valence-corrected chi connectivity index (χ2v) is 5.23. The summed E-state index contributed by atoms with van der Waals surface area (Å²) < 4.78 is 4.25. The molecular weight excluding hydrogens is 250 g/mol. The van der Waals surface area contributed by atoms with Crippen LogP contribution >= 0.6 is 0 Å². The zero-order valence-corrected chi connectivity index (χ0v) is 11.7. The number of fused-ring (bicyclic) bond motifs is 1. The smallest absolute Gasteiger partial charge is 0.152 e. The van der Waals surface area contributed by atoms with Crippen LogP contribution in [0.2, 0.25) is 0 Å². The van der Waals surface area contributed by atoms with Gasteiger partial charge in [-0.3, -0.25) is 4.79 Å². The number of aromatic nitrogens is 3. The lowest BCUT2D eigenvalue weighted by Crippen LogP contribution is -2.08. The summed E-state index contributed by atoms with van der Waals surface area (Å²) in [6.45, 7) is 4.98. The van der Waals surface area contributed by atoms with Crippen molar-refractivity contribution < 1.29 is 4.79 Å². The third-order valence-electron chi connectivity index (χ3n) is 3.58. The molecule has 0 amide bonds.